The fourth-order valence-corrected chi connectivity index (χ4v) is 5.67. The third-order valence-corrected chi connectivity index (χ3v) is 7.75. The molecule has 0 bridgehead atoms. The van der Waals surface area contributed by atoms with E-state index in [-0.39, 0.29) is 20.4 Å². The van der Waals surface area contributed by atoms with E-state index in [4.69, 9.17) is 4.74 Å². The summed E-state index contributed by atoms with van der Waals surface area (Å²) in [5, 5.41) is 6.99. The number of hydrogen-bond donors (Lipinski definition) is 0. The van der Waals surface area contributed by atoms with E-state index in [2.05, 4.69) is 99.6 Å². The van der Waals surface area contributed by atoms with E-state index in [1.807, 2.05) is 77.9 Å². The predicted molar refractivity (Wildman–Crippen MR) is 173 cm³/mol. The Morgan fingerprint density at radius 2 is 1.23 bits per heavy atom. The zero-order valence-electron chi connectivity index (χ0n) is 23.5. The Morgan fingerprint density at radius 3 is 2.05 bits per heavy atom. The molecule has 3 heterocycles. The van der Waals surface area contributed by atoms with Crippen molar-refractivity contribution in [3.63, 3.8) is 0 Å². The molecule has 214 valence electrons. The molecular formula is C38H26N4OPd. The monoisotopic (exact) mass is 660 g/mol. The number of benzene rings is 5. The number of nitrogens with zero attached hydrogens (tertiary/aromatic N) is 4. The third kappa shape index (κ3) is 5.11. The summed E-state index contributed by atoms with van der Waals surface area (Å²) in [5.41, 5.74) is 7.66. The number of hydrogen-bond acceptors (Lipinski definition) is 3. The molecular weight excluding hydrogens is 635 g/mol. The molecule has 0 aliphatic heterocycles. The number of rotatable bonds is 6. The molecule has 8 aromatic rings. The minimum Gasteiger partial charge on any atom is -0.457 e. The van der Waals surface area contributed by atoms with Gasteiger partial charge in [0.2, 0.25) is 0 Å². The van der Waals surface area contributed by atoms with Crippen LogP contribution < -0.4 is 4.74 Å². The standard InChI is InChI=1S/C38H26N4O.Pd/c1-2-9-27(10-3-1)28-16-18-29(19-17-28)30-25-40-41(26-30)31-11-8-12-32(23-31)43-33-20-21-35-34-13-4-5-14-36(34)42(37(35)24-33)38-15-6-7-22-39-38;/h1-26H;. The van der Waals surface area contributed by atoms with Crippen LogP contribution in [-0.4, -0.2) is 19.3 Å². The van der Waals surface area contributed by atoms with Crippen LogP contribution in [0.2, 0.25) is 0 Å². The van der Waals surface area contributed by atoms with Crippen LogP contribution in [0, 0.1) is 0 Å². The zero-order valence-corrected chi connectivity index (χ0v) is 25.1. The molecule has 0 radical (unpaired) electrons. The number of aromatic nitrogens is 4. The molecule has 3 aromatic heterocycles. The molecule has 0 aliphatic rings. The van der Waals surface area contributed by atoms with Crippen LogP contribution in [0.15, 0.2) is 158 Å². The fraction of sp³-hybridized carbons (Fsp3) is 0. The second kappa shape index (κ2) is 11.8. The van der Waals surface area contributed by atoms with Crippen molar-refractivity contribution < 1.29 is 25.2 Å². The topological polar surface area (TPSA) is 44.9 Å². The average Bonchev–Trinajstić information content (AvgIpc) is 3.69. The van der Waals surface area contributed by atoms with E-state index in [1.54, 1.807) is 0 Å². The van der Waals surface area contributed by atoms with Crippen molar-refractivity contribution in [1.82, 2.24) is 19.3 Å². The second-order valence-corrected chi connectivity index (χ2v) is 10.4. The number of pyridine rings is 1. The first-order valence-electron chi connectivity index (χ1n) is 14.2. The van der Waals surface area contributed by atoms with Crippen molar-refractivity contribution >= 4 is 21.8 Å². The molecule has 0 atom stereocenters. The molecule has 5 aromatic carbocycles. The summed E-state index contributed by atoms with van der Waals surface area (Å²) in [6, 6.07) is 47.6. The van der Waals surface area contributed by atoms with Crippen LogP contribution in [0.5, 0.6) is 11.5 Å². The minimum absolute atomic E-state index is 0. The van der Waals surface area contributed by atoms with Crippen molar-refractivity contribution in [3.05, 3.63) is 158 Å². The molecule has 0 N–H and O–H groups in total. The van der Waals surface area contributed by atoms with Gasteiger partial charge >= 0.3 is 0 Å². The number of fused-ring (bicyclic) bond motifs is 3. The van der Waals surface area contributed by atoms with Crippen LogP contribution in [0.3, 0.4) is 0 Å². The molecule has 44 heavy (non-hydrogen) atoms. The third-order valence-electron chi connectivity index (χ3n) is 7.75. The Kier molecular flexibility index (Phi) is 7.37. The molecule has 8 rings (SSSR count). The smallest absolute Gasteiger partial charge is 0.137 e. The molecule has 0 saturated heterocycles. The summed E-state index contributed by atoms with van der Waals surface area (Å²) in [6.45, 7) is 0. The summed E-state index contributed by atoms with van der Waals surface area (Å²) in [4.78, 5) is 4.63. The van der Waals surface area contributed by atoms with E-state index in [0.29, 0.717) is 0 Å². The van der Waals surface area contributed by atoms with Gasteiger partial charge in [-0.05, 0) is 59.2 Å². The van der Waals surface area contributed by atoms with Gasteiger partial charge in [0.05, 0.1) is 22.9 Å². The van der Waals surface area contributed by atoms with Gasteiger partial charge in [-0.25, -0.2) is 9.67 Å². The van der Waals surface area contributed by atoms with E-state index < -0.39 is 0 Å². The number of ether oxygens (including phenoxy) is 1. The summed E-state index contributed by atoms with van der Waals surface area (Å²) in [6.07, 6.45) is 5.77. The fourth-order valence-electron chi connectivity index (χ4n) is 5.67. The summed E-state index contributed by atoms with van der Waals surface area (Å²) in [7, 11) is 0. The Balaban J connectivity index is 0.00000312. The van der Waals surface area contributed by atoms with Crippen molar-refractivity contribution in [1.29, 1.82) is 0 Å². The SMILES string of the molecule is [Pd].c1ccc(-c2ccc(-c3cnn(-c4cccc(Oc5ccc6c7ccccc7n(-c7ccccn7)c6c5)c4)c3)cc2)cc1. The van der Waals surface area contributed by atoms with Crippen molar-refractivity contribution in [2.24, 2.45) is 0 Å². The first-order valence-corrected chi connectivity index (χ1v) is 14.2. The summed E-state index contributed by atoms with van der Waals surface area (Å²) in [5.74, 6) is 2.36. The van der Waals surface area contributed by atoms with E-state index >= 15 is 0 Å². The predicted octanol–water partition coefficient (Wildman–Crippen LogP) is 9.49. The van der Waals surface area contributed by atoms with E-state index in [1.165, 1.54) is 16.5 Å². The number of para-hydroxylation sites is 1. The van der Waals surface area contributed by atoms with Crippen molar-refractivity contribution in [2.75, 3.05) is 0 Å². The molecule has 0 saturated carbocycles. The van der Waals surface area contributed by atoms with Gasteiger partial charge in [-0.3, -0.25) is 4.57 Å². The van der Waals surface area contributed by atoms with Gasteiger partial charge in [0.1, 0.15) is 17.3 Å². The molecule has 0 spiro atoms. The van der Waals surface area contributed by atoms with Crippen LogP contribution in [0.1, 0.15) is 0 Å². The Labute approximate surface area is 268 Å². The molecule has 0 aliphatic carbocycles. The first kappa shape index (κ1) is 27.5. The first-order chi connectivity index (χ1) is 21.3. The second-order valence-electron chi connectivity index (χ2n) is 10.4. The molecule has 0 unspecified atom stereocenters. The van der Waals surface area contributed by atoms with E-state index in [0.717, 1.165) is 50.6 Å². The summed E-state index contributed by atoms with van der Waals surface area (Å²) >= 11 is 0. The molecule has 5 nitrogen and oxygen atoms in total. The zero-order chi connectivity index (χ0) is 28.6. The van der Waals surface area contributed by atoms with Crippen LogP contribution in [-0.2, 0) is 20.4 Å². The van der Waals surface area contributed by atoms with Crippen LogP contribution in [0.4, 0.5) is 0 Å². The van der Waals surface area contributed by atoms with Gasteiger partial charge < -0.3 is 4.74 Å². The van der Waals surface area contributed by atoms with Crippen molar-refractivity contribution in [3.8, 4) is 45.3 Å². The molecule has 0 amide bonds. The largest absolute Gasteiger partial charge is 0.457 e. The minimum atomic E-state index is 0. The van der Waals surface area contributed by atoms with Gasteiger partial charge in [0.15, 0.2) is 0 Å². The summed E-state index contributed by atoms with van der Waals surface area (Å²) < 4.78 is 10.5. The van der Waals surface area contributed by atoms with Crippen LogP contribution in [0.25, 0.3) is 55.6 Å². The van der Waals surface area contributed by atoms with E-state index in [9.17, 15) is 0 Å². The Hall–Kier alpha value is -5.28. The van der Waals surface area contributed by atoms with Crippen molar-refractivity contribution in [2.45, 2.75) is 0 Å². The molecule has 0 fully saturated rings. The van der Waals surface area contributed by atoms with Gasteiger partial charge in [-0.1, -0.05) is 84.9 Å². The van der Waals surface area contributed by atoms with Gasteiger partial charge in [0.25, 0.3) is 0 Å². The average molecular weight is 661 g/mol. The molecule has 6 heteroatoms. The van der Waals surface area contributed by atoms with Gasteiger partial charge in [-0.2, -0.15) is 5.10 Å². The maximum Gasteiger partial charge on any atom is 0.137 e. The van der Waals surface area contributed by atoms with Gasteiger partial charge in [0, 0.05) is 61.3 Å². The maximum absolute atomic E-state index is 6.41. The quantitative estimate of drug-likeness (QED) is 0.167. The Morgan fingerprint density at radius 1 is 0.523 bits per heavy atom. The maximum atomic E-state index is 6.41. The van der Waals surface area contributed by atoms with Gasteiger partial charge in [-0.15, -0.1) is 0 Å². The normalized spacial score (nSPS) is 11.0. The van der Waals surface area contributed by atoms with Crippen LogP contribution >= 0.6 is 0 Å². The Bertz CT molecular complexity index is 2200.